The smallest absolute Gasteiger partial charge is 0.329 e. The molecule has 8 heteroatoms. The predicted octanol–water partition coefficient (Wildman–Crippen LogP) is 2.57. The molecule has 7 nitrogen and oxygen atoms in total. The van der Waals surface area contributed by atoms with Gasteiger partial charge in [0, 0.05) is 17.8 Å². The lowest BCUT2D eigenvalue weighted by Gasteiger charge is -2.31. The van der Waals surface area contributed by atoms with Crippen LogP contribution in [0.5, 0.6) is 0 Å². The van der Waals surface area contributed by atoms with Crippen LogP contribution in [0.15, 0.2) is 59.5 Å². The van der Waals surface area contributed by atoms with E-state index >= 15 is 0 Å². The minimum atomic E-state index is -3.71. The van der Waals surface area contributed by atoms with Crippen LogP contribution >= 0.6 is 0 Å². The Hall–Kier alpha value is -2.87. The first-order valence-corrected chi connectivity index (χ1v) is 9.96. The van der Waals surface area contributed by atoms with Crippen LogP contribution in [0.4, 0.5) is 5.69 Å². The molecule has 142 valence electrons. The topological polar surface area (TPSA) is 104 Å². The molecule has 2 aromatic rings. The highest BCUT2D eigenvalue weighted by atomic mass is 32.2. The van der Waals surface area contributed by atoms with Gasteiger partial charge in [-0.3, -0.25) is 9.52 Å². The zero-order chi connectivity index (χ0) is 19.7. The first-order valence-electron chi connectivity index (χ1n) is 8.47. The molecule has 0 radical (unpaired) electrons. The molecule has 3 rings (SSSR count). The average Bonchev–Trinajstić information content (AvgIpc) is 3.05. The number of rotatable bonds is 5. The van der Waals surface area contributed by atoms with E-state index < -0.39 is 21.5 Å². The molecule has 1 unspecified atom stereocenters. The van der Waals surface area contributed by atoms with E-state index in [0.717, 1.165) is 0 Å². The summed E-state index contributed by atoms with van der Waals surface area (Å²) in [5.41, 5.74) is -0.588. The Labute approximate surface area is 157 Å². The van der Waals surface area contributed by atoms with Crippen LogP contribution in [0.25, 0.3) is 0 Å². The first kappa shape index (κ1) is 18.9. The normalized spacial score (nSPS) is 19.7. The monoisotopic (exact) mass is 388 g/mol. The molecule has 2 N–H and O–H groups in total. The van der Waals surface area contributed by atoms with Gasteiger partial charge in [-0.25, -0.2) is 13.2 Å². The molecule has 27 heavy (non-hydrogen) atoms. The lowest BCUT2D eigenvalue weighted by molar-refractivity contribution is -0.147. The van der Waals surface area contributed by atoms with Crippen LogP contribution in [0, 0.1) is 0 Å². The van der Waals surface area contributed by atoms with Crippen molar-refractivity contribution in [3.8, 4) is 0 Å². The number of nitrogens with zero attached hydrogens (tertiary/aromatic N) is 1. The largest absolute Gasteiger partial charge is 0.480 e. The molecule has 0 spiro atoms. The second-order valence-corrected chi connectivity index (χ2v) is 8.32. The first-order chi connectivity index (χ1) is 12.7. The maximum absolute atomic E-state index is 12.7. The Morgan fingerprint density at radius 1 is 1.07 bits per heavy atom. The summed E-state index contributed by atoms with van der Waals surface area (Å²) in [4.78, 5) is 25.8. The van der Waals surface area contributed by atoms with E-state index in [2.05, 4.69) is 4.72 Å². The van der Waals surface area contributed by atoms with E-state index in [0.29, 0.717) is 30.6 Å². The Kier molecular flexibility index (Phi) is 4.93. The summed E-state index contributed by atoms with van der Waals surface area (Å²) < 4.78 is 27.1. The minimum Gasteiger partial charge on any atom is -0.480 e. The van der Waals surface area contributed by atoms with Crippen molar-refractivity contribution in [1.82, 2.24) is 4.90 Å². The van der Waals surface area contributed by atoms with E-state index in [1.165, 1.54) is 41.3 Å². The molecule has 1 heterocycles. The third-order valence-corrected chi connectivity index (χ3v) is 6.18. The number of anilines is 1. The van der Waals surface area contributed by atoms with Crippen molar-refractivity contribution in [2.75, 3.05) is 11.3 Å². The van der Waals surface area contributed by atoms with Gasteiger partial charge in [0.1, 0.15) is 5.54 Å². The number of hydrogen-bond donors (Lipinski definition) is 2. The number of carbonyl (C=O) groups excluding carboxylic acids is 1. The van der Waals surface area contributed by atoms with Crippen LogP contribution in [0.1, 0.15) is 30.1 Å². The summed E-state index contributed by atoms with van der Waals surface area (Å²) >= 11 is 0. The fourth-order valence-electron chi connectivity index (χ4n) is 3.16. The molecular formula is C19H20N2O5S. The minimum absolute atomic E-state index is 0.138. The van der Waals surface area contributed by atoms with Gasteiger partial charge in [-0.15, -0.1) is 0 Å². The van der Waals surface area contributed by atoms with E-state index in [4.69, 9.17) is 0 Å². The van der Waals surface area contributed by atoms with Crippen LogP contribution in [0.2, 0.25) is 0 Å². The predicted molar refractivity (Wildman–Crippen MR) is 100 cm³/mol. The summed E-state index contributed by atoms with van der Waals surface area (Å²) in [6.45, 7) is 1.92. The quantitative estimate of drug-likeness (QED) is 0.819. The van der Waals surface area contributed by atoms with Gasteiger partial charge in [0.25, 0.3) is 15.9 Å². The van der Waals surface area contributed by atoms with Crippen molar-refractivity contribution < 1.29 is 23.1 Å². The number of sulfonamides is 1. The zero-order valence-electron chi connectivity index (χ0n) is 14.8. The van der Waals surface area contributed by atoms with Crippen molar-refractivity contribution in [1.29, 1.82) is 0 Å². The summed E-state index contributed by atoms with van der Waals surface area (Å²) in [5, 5.41) is 9.45. The molecule has 0 aliphatic carbocycles. The second-order valence-electron chi connectivity index (χ2n) is 6.64. The number of carbonyl (C=O) groups is 2. The van der Waals surface area contributed by atoms with Gasteiger partial charge in [-0.1, -0.05) is 18.2 Å². The van der Waals surface area contributed by atoms with Crippen molar-refractivity contribution in [2.45, 2.75) is 30.2 Å². The number of amides is 1. The summed E-state index contributed by atoms with van der Waals surface area (Å²) in [6.07, 6.45) is 1.03. The highest BCUT2D eigenvalue weighted by molar-refractivity contribution is 7.92. The van der Waals surface area contributed by atoms with E-state index in [-0.39, 0.29) is 10.8 Å². The van der Waals surface area contributed by atoms with Crippen LogP contribution in [-0.4, -0.2) is 42.4 Å². The molecule has 1 fully saturated rings. The molecule has 1 atom stereocenters. The number of aliphatic carboxylic acids is 1. The Balaban J connectivity index is 1.78. The van der Waals surface area contributed by atoms with Crippen LogP contribution in [0.3, 0.4) is 0 Å². The highest BCUT2D eigenvalue weighted by Crippen LogP contribution is 2.31. The lowest BCUT2D eigenvalue weighted by Crippen LogP contribution is -2.50. The SMILES string of the molecule is CC1(C(=O)O)CCCN1C(=O)c1ccc(NS(=O)(=O)c2ccccc2)cc1. The van der Waals surface area contributed by atoms with Gasteiger partial charge in [0.05, 0.1) is 4.90 Å². The number of carboxylic acids is 1. The standard InChI is InChI=1S/C19H20N2O5S/c1-19(18(23)24)12-5-13-21(19)17(22)14-8-10-15(11-9-14)20-27(25,26)16-6-3-2-4-7-16/h2-4,6-11,20H,5,12-13H2,1H3,(H,23,24). The Morgan fingerprint density at radius 3 is 2.30 bits per heavy atom. The fraction of sp³-hybridized carbons (Fsp3) is 0.263. The summed E-state index contributed by atoms with van der Waals surface area (Å²) in [5.74, 6) is -1.41. The third-order valence-electron chi connectivity index (χ3n) is 4.78. The van der Waals surface area contributed by atoms with Crippen LogP contribution in [-0.2, 0) is 14.8 Å². The van der Waals surface area contributed by atoms with Gasteiger partial charge < -0.3 is 10.0 Å². The molecule has 1 saturated heterocycles. The molecule has 0 aromatic heterocycles. The van der Waals surface area contributed by atoms with E-state index in [9.17, 15) is 23.1 Å². The van der Waals surface area contributed by atoms with Crippen molar-refractivity contribution in [2.24, 2.45) is 0 Å². The molecule has 0 bridgehead atoms. The molecule has 2 aromatic carbocycles. The van der Waals surface area contributed by atoms with Crippen LogP contribution < -0.4 is 4.72 Å². The highest BCUT2D eigenvalue weighted by Gasteiger charge is 2.46. The molecule has 1 aliphatic rings. The Bertz CT molecular complexity index is 957. The summed E-state index contributed by atoms with van der Waals surface area (Å²) in [7, 11) is -3.71. The molecule has 0 saturated carbocycles. The van der Waals surface area contributed by atoms with Gasteiger partial charge >= 0.3 is 5.97 Å². The maximum Gasteiger partial charge on any atom is 0.329 e. The summed E-state index contributed by atoms with van der Waals surface area (Å²) in [6, 6.07) is 13.9. The number of likely N-dealkylation sites (tertiary alicyclic amines) is 1. The molecule has 1 amide bonds. The van der Waals surface area contributed by atoms with Gasteiger partial charge in [0.15, 0.2) is 0 Å². The van der Waals surface area contributed by atoms with Gasteiger partial charge in [-0.2, -0.15) is 0 Å². The van der Waals surface area contributed by atoms with E-state index in [1.807, 2.05) is 0 Å². The average molecular weight is 388 g/mol. The molecular weight excluding hydrogens is 368 g/mol. The number of benzene rings is 2. The fourth-order valence-corrected chi connectivity index (χ4v) is 4.24. The van der Waals surface area contributed by atoms with E-state index in [1.54, 1.807) is 25.1 Å². The third kappa shape index (κ3) is 3.66. The Morgan fingerprint density at radius 2 is 1.70 bits per heavy atom. The zero-order valence-corrected chi connectivity index (χ0v) is 15.6. The van der Waals surface area contributed by atoms with Gasteiger partial charge in [0.2, 0.25) is 0 Å². The van der Waals surface area contributed by atoms with Crippen molar-refractivity contribution in [3.05, 3.63) is 60.2 Å². The molecule has 1 aliphatic heterocycles. The maximum atomic E-state index is 12.7. The second kappa shape index (κ2) is 7.03. The van der Waals surface area contributed by atoms with Gasteiger partial charge in [-0.05, 0) is 56.2 Å². The number of hydrogen-bond acceptors (Lipinski definition) is 4. The van der Waals surface area contributed by atoms with Crippen molar-refractivity contribution in [3.63, 3.8) is 0 Å². The number of carboxylic acid groups (broad SMARTS) is 1. The lowest BCUT2D eigenvalue weighted by atomic mass is 9.98. The number of nitrogens with one attached hydrogen (secondary N) is 1. The van der Waals surface area contributed by atoms with Crippen molar-refractivity contribution >= 4 is 27.6 Å².